The summed E-state index contributed by atoms with van der Waals surface area (Å²) in [7, 11) is 1.51. The van der Waals surface area contributed by atoms with Crippen LogP contribution < -0.4 is 10.1 Å². The molecule has 1 atom stereocenters. The Morgan fingerprint density at radius 3 is 2.17 bits per heavy atom. The maximum atomic E-state index is 13.6. The number of carbonyl (C=O) groups excluding carboxylic acids is 3. The van der Waals surface area contributed by atoms with E-state index in [-0.39, 0.29) is 16.8 Å². The van der Waals surface area contributed by atoms with Gasteiger partial charge >= 0.3 is 5.97 Å². The molecule has 10 heteroatoms. The van der Waals surface area contributed by atoms with E-state index in [1.54, 1.807) is 30.3 Å². The summed E-state index contributed by atoms with van der Waals surface area (Å²) in [6.45, 7) is 2.56. The molecular weight excluding hydrogens is 622 g/mol. The molecule has 0 spiro atoms. The van der Waals surface area contributed by atoms with Crippen LogP contribution in [-0.2, 0) is 14.5 Å². The van der Waals surface area contributed by atoms with Gasteiger partial charge in [-0.2, -0.15) is 5.10 Å². The second-order valence-electron chi connectivity index (χ2n) is 10.1. The van der Waals surface area contributed by atoms with Gasteiger partial charge in [0.05, 0.1) is 29.9 Å². The molecule has 1 heterocycles. The Bertz CT molecular complexity index is 1310. The number of ketones is 1. The molecule has 3 rings (SSSR count). The number of amides is 1. The van der Waals surface area contributed by atoms with E-state index in [9.17, 15) is 14.4 Å². The molecule has 0 radical (unpaired) electrons. The minimum absolute atomic E-state index is 0.192. The van der Waals surface area contributed by atoms with Gasteiger partial charge in [0.25, 0.3) is 10.9 Å². The van der Waals surface area contributed by atoms with Crippen molar-refractivity contribution < 1.29 is 23.9 Å². The third-order valence-electron chi connectivity index (χ3n) is 6.91. The average Bonchev–Trinajstić information content (AvgIpc) is 3.45. The lowest BCUT2D eigenvalue weighted by atomic mass is 10.0. The summed E-state index contributed by atoms with van der Waals surface area (Å²) >= 11 is 10.1. The standard InChI is InChI=1S/C32H39BrClN3O5/c1-3-4-5-6-7-8-9-10-11-12-20-42-30(39)25-14-13-15-27(21-25)36-31(40)32(34,37-23-26(33)22-35-37)29(38)24-16-18-28(41-2)19-17-24/h13-19,21-23H,3-12,20H2,1-2H3,(H,36,40). The van der Waals surface area contributed by atoms with Crippen molar-refractivity contribution in [2.45, 2.75) is 76.1 Å². The first-order valence-electron chi connectivity index (χ1n) is 14.5. The Kier molecular flexibility index (Phi) is 13.5. The number of anilines is 1. The normalized spacial score (nSPS) is 12.4. The largest absolute Gasteiger partial charge is 0.497 e. The van der Waals surface area contributed by atoms with Crippen LogP contribution in [0.5, 0.6) is 5.75 Å². The fourth-order valence-electron chi connectivity index (χ4n) is 4.49. The van der Waals surface area contributed by atoms with Gasteiger partial charge in [-0.25, -0.2) is 9.48 Å². The molecule has 2 aromatic carbocycles. The third-order valence-corrected chi connectivity index (χ3v) is 7.83. The number of unbranched alkanes of at least 4 members (excludes halogenated alkanes) is 9. The Morgan fingerprint density at radius 2 is 1.57 bits per heavy atom. The van der Waals surface area contributed by atoms with Gasteiger partial charge in [0, 0.05) is 17.4 Å². The Morgan fingerprint density at radius 1 is 0.929 bits per heavy atom. The number of nitrogens with zero attached hydrogens (tertiary/aromatic N) is 2. The second kappa shape index (κ2) is 17.1. The molecule has 1 aromatic heterocycles. The molecule has 0 saturated heterocycles. The maximum absolute atomic E-state index is 13.6. The van der Waals surface area contributed by atoms with Crippen molar-refractivity contribution >= 4 is 50.9 Å². The lowest BCUT2D eigenvalue weighted by Gasteiger charge is -2.25. The molecule has 0 fully saturated rings. The van der Waals surface area contributed by atoms with E-state index in [0.29, 0.717) is 16.8 Å². The van der Waals surface area contributed by atoms with Crippen LogP contribution in [0.3, 0.4) is 0 Å². The molecule has 0 bridgehead atoms. The van der Waals surface area contributed by atoms with Gasteiger partial charge in [0.2, 0.25) is 5.78 Å². The Labute approximate surface area is 261 Å². The molecule has 0 aliphatic rings. The molecule has 0 aliphatic heterocycles. The molecule has 3 aromatic rings. The fraction of sp³-hybridized carbons (Fsp3) is 0.438. The van der Waals surface area contributed by atoms with Crippen LogP contribution >= 0.6 is 27.5 Å². The van der Waals surface area contributed by atoms with E-state index in [4.69, 9.17) is 21.1 Å². The van der Waals surface area contributed by atoms with Crippen LogP contribution in [0.2, 0.25) is 0 Å². The van der Waals surface area contributed by atoms with Crippen LogP contribution in [0, 0.1) is 0 Å². The quantitative estimate of drug-likeness (QED) is 0.0486. The van der Waals surface area contributed by atoms with Gasteiger partial charge in [-0.1, -0.05) is 82.4 Å². The number of benzene rings is 2. The minimum Gasteiger partial charge on any atom is -0.497 e. The molecule has 8 nitrogen and oxygen atoms in total. The van der Waals surface area contributed by atoms with Crippen LogP contribution in [-0.4, -0.2) is 41.2 Å². The molecule has 1 N–H and O–H groups in total. The van der Waals surface area contributed by atoms with Gasteiger partial charge in [-0.05, 0) is 64.8 Å². The molecule has 0 aliphatic carbocycles. The number of esters is 1. The molecule has 1 amide bonds. The van der Waals surface area contributed by atoms with Gasteiger partial charge in [-0.15, -0.1) is 0 Å². The summed E-state index contributed by atoms with van der Waals surface area (Å²) in [4.78, 5) is 37.6. The number of carbonyl (C=O) groups is 3. The fourth-order valence-corrected chi connectivity index (χ4v) is 5.02. The van der Waals surface area contributed by atoms with Crippen LogP contribution in [0.15, 0.2) is 65.4 Å². The van der Waals surface area contributed by atoms with Gasteiger partial charge in [0.15, 0.2) is 0 Å². The topological polar surface area (TPSA) is 99.5 Å². The first-order chi connectivity index (χ1) is 20.3. The number of halogens is 2. The number of aromatic nitrogens is 2. The first-order valence-corrected chi connectivity index (χ1v) is 15.6. The molecule has 1 unspecified atom stereocenters. The number of alkyl halides is 1. The van der Waals surface area contributed by atoms with Gasteiger partial charge in [-0.3, -0.25) is 9.59 Å². The number of ether oxygens (including phenoxy) is 2. The van der Waals surface area contributed by atoms with E-state index in [0.717, 1.165) is 23.9 Å². The summed E-state index contributed by atoms with van der Waals surface area (Å²) in [6, 6.07) is 12.6. The van der Waals surface area contributed by atoms with Crippen LogP contribution in [0.1, 0.15) is 91.8 Å². The van der Waals surface area contributed by atoms with Crippen molar-refractivity contribution in [2.75, 3.05) is 19.0 Å². The van der Waals surface area contributed by atoms with E-state index in [2.05, 4.69) is 33.3 Å². The zero-order valence-corrected chi connectivity index (χ0v) is 26.6. The van der Waals surface area contributed by atoms with Crippen LogP contribution in [0.25, 0.3) is 0 Å². The number of rotatable bonds is 18. The highest BCUT2D eigenvalue weighted by molar-refractivity contribution is 9.10. The average molecular weight is 661 g/mol. The van der Waals surface area contributed by atoms with E-state index in [1.807, 2.05) is 0 Å². The monoisotopic (exact) mass is 659 g/mol. The number of Topliss-reactive ketones (excluding diaryl/α,β-unsaturated/α-hetero) is 1. The molecule has 42 heavy (non-hydrogen) atoms. The summed E-state index contributed by atoms with van der Waals surface area (Å²) in [5, 5.41) is 6.78. The summed E-state index contributed by atoms with van der Waals surface area (Å²) < 4.78 is 12.2. The van der Waals surface area contributed by atoms with Crippen molar-refractivity contribution in [3.63, 3.8) is 0 Å². The highest BCUT2D eigenvalue weighted by atomic mass is 79.9. The van der Waals surface area contributed by atoms with Gasteiger partial charge < -0.3 is 14.8 Å². The predicted octanol–water partition coefficient (Wildman–Crippen LogP) is 8.15. The number of nitrogens with one attached hydrogen (secondary N) is 1. The summed E-state index contributed by atoms with van der Waals surface area (Å²) in [5.41, 5.74) is 0.757. The van der Waals surface area contributed by atoms with Crippen molar-refractivity contribution in [1.29, 1.82) is 0 Å². The highest BCUT2D eigenvalue weighted by Gasteiger charge is 2.47. The smallest absolute Gasteiger partial charge is 0.338 e. The van der Waals surface area contributed by atoms with Crippen LogP contribution in [0.4, 0.5) is 5.69 Å². The van der Waals surface area contributed by atoms with E-state index >= 15 is 0 Å². The summed E-state index contributed by atoms with van der Waals surface area (Å²) in [6.07, 6.45) is 14.8. The lowest BCUT2D eigenvalue weighted by molar-refractivity contribution is -0.119. The van der Waals surface area contributed by atoms with Crippen molar-refractivity contribution in [3.8, 4) is 5.75 Å². The minimum atomic E-state index is -2.24. The van der Waals surface area contributed by atoms with E-state index in [1.165, 1.54) is 82.6 Å². The Balaban J connectivity index is 1.58. The number of methoxy groups -OCH3 is 1. The van der Waals surface area contributed by atoms with Crippen molar-refractivity contribution in [3.05, 3.63) is 76.5 Å². The van der Waals surface area contributed by atoms with Gasteiger partial charge in [0.1, 0.15) is 5.75 Å². The number of hydrogen-bond acceptors (Lipinski definition) is 6. The maximum Gasteiger partial charge on any atom is 0.338 e. The summed E-state index contributed by atoms with van der Waals surface area (Å²) in [5.74, 6) is -1.46. The first kappa shape index (κ1) is 33.3. The Hall–Kier alpha value is -3.17. The van der Waals surface area contributed by atoms with Crippen molar-refractivity contribution in [2.24, 2.45) is 0 Å². The zero-order chi connectivity index (χ0) is 30.4. The molecular formula is C32H39BrClN3O5. The third kappa shape index (κ3) is 9.42. The molecule has 0 saturated carbocycles. The molecule has 226 valence electrons. The second-order valence-corrected chi connectivity index (χ2v) is 11.6. The lowest BCUT2D eigenvalue weighted by Crippen LogP contribution is -2.47. The SMILES string of the molecule is CCCCCCCCCCCCOC(=O)c1cccc(NC(=O)C(Cl)(C(=O)c2ccc(OC)cc2)n2cc(Br)cn2)c1. The van der Waals surface area contributed by atoms with Crippen molar-refractivity contribution in [1.82, 2.24) is 9.78 Å². The zero-order valence-electron chi connectivity index (χ0n) is 24.2. The highest BCUT2D eigenvalue weighted by Crippen LogP contribution is 2.31. The predicted molar refractivity (Wildman–Crippen MR) is 168 cm³/mol. The number of hydrogen-bond donors (Lipinski definition) is 1. The van der Waals surface area contributed by atoms with E-state index < -0.39 is 22.7 Å².